The number of hydrogen-bond acceptors (Lipinski definition) is 3. The van der Waals surface area contributed by atoms with Gasteiger partial charge in [-0.05, 0) is 13.3 Å². The predicted octanol–water partition coefficient (Wildman–Crippen LogP) is 1.63. The van der Waals surface area contributed by atoms with Crippen molar-refractivity contribution in [3.63, 3.8) is 0 Å². The molecule has 3 nitrogen and oxygen atoms in total. The van der Waals surface area contributed by atoms with Gasteiger partial charge in [0.05, 0.1) is 12.3 Å². The van der Waals surface area contributed by atoms with Crippen molar-refractivity contribution in [1.82, 2.24) is 0 Å². The van der Waals surface area contributed by atoms with E-state index in [1.54, 1.807) is 0 Å². The van der Waals surface area contributed by atoms with Crippen LogP contribution >= 0.6 is 7.60 Å². The summed E-state index contributed by atoms with van der Waals surface area (Å²) < 4.78 is 20.9. The highest BCUT2D eigenvalue weighted by molar-refractivity contribution is 7.54. The zero-order chi connectivity index (χ0) is 6.91. The lowest BCUT2D eigenvalue weighted by Gasteiger charge is -2.07. The summed E-state index contributed by atoms with van der Waals surface area (Å²) in [7, 11) is -1.18. The first-order valence-electron chi connectivity index (χ1n) is 2.99. The molecule has 2 atom stereocenters. The van der Waals surface area contributed by atoms with Crippen LogP contribution in [0.15, 0.2) is 0 Å². The van der Waals surface area contributed by atoms with Crippen molar-refractivity contribution >= 4 is 7.60 Å². The lowest BCUT2D eigenvalue weighted by atomic mass is 10.3. The van der Waals surface area contributed by atoms with Crippen LogP contribution in [0.4, 0.5) is 0 Å². The Balaban J connectivity index is 2.55. The molecule has 0 aromatic heterocycles. The van der Waals surface area contributed by atoms with Crippen molar-refractivity contribution in [2.24, 2.45) is 0 Å². The quantitative estimate of drug-likeness (QED) is 0.533. The lowest BCUT2D eigenvalue weighted by Crippen LogP contribution is -1.94. The maximum absolute atomic E-state index is 11.1. The Morgan fingerprint density at radius 1 is 1.78 bits per heavy atom. The SMILES string of the molecule is COP1(=O)CCC(C)O1. The molecule has 2 unspecified atom stereocenters. The molecule has 4 heteroatoms. The zero-order valence-electron chi connectivity index (χ0n) is 5.66. The normalized spacial score (nSPS) is 43.6. The van der Waals surface area contributed by atoms with Crippen molar-refractivity contribution in [3.05, 3.63) is 0 Å². The first-order valence-corrected chi connectivity index (χ1v) is 4.72. The smallest absolute Gasteiger partial charge is 0.312 e. The molecule has 54 valence electrons. The van der Waals surface area contributed by atoms with E-state index in [9.17, 15) is 4.57 Å². The highest BCUT2D eigenvalue weighted by Gasteiger charge is 2.32. The standard InChI is InChI=1S/C5H11O3P/c1-5-3-4-9(6,7-2)8-5/h5H,3-4H2,1-2H3. The topological polar surface area (TPSA) is 35.5 Å². The van der Waals surface area contributed by atoms with Gasteiger partial charge in [0.2, 0.25) is 0 Å². The molecule has 0 saturated carbocycles. The lowest BCUT2D eigenvalue weighted by molar-refractivity contribution is 0.206. The fourth-order valence-corrected chi connectivity index (χ4v) is 2.56. The molecule has 0 N–H and O–H groups in total. The Labute approximate surface area is 54.9 Å². The van der Waals surface area contributed by atoms with Crippen molar-refractivity contribution in [1.29, 1.82) is 0 Å². The van der Waals surface area contributed by atoms with Crippen molar-refractivity contribution in [3.8, 4) is 0 Å². The van der Waals surface area contributed by atoms with Gasteiger partial charge in [0.25, 0.3) is 0 Å². The van der Waals surface area contributed by atoms with E-state index >= 15 is 0 Å². The van der Waals surface area contributed by atoms with Crippen LogP contribution in [-0.4, -0.2) is 19.4 Å². The van der Waals surface area contributed by atoms with E-state index in [-0.39, 0.29) is 6.10 Å². The first kappa shape index (κ1) is 7.26. The van der Waals surface area contributed by atoms with E-state index in [1.807, 2.05) is 6.92 Å². The third kappa shape index (κ3) is 1.54. The molecule has 0 radical (unpaired) electrons. The molecule has 0 aromatic rings. The average molecular weight is 150 g/mol. The van der Waals surface area contributed by atoms with E-state index in [0.29, 0.717) is 6.16 Å². The monoisotopic (exact) mass is 150 g/mol. The zero-order valence-corrected chi connectivity index (χ0v) is 6.56. The number of hydrogen-bond donors (Lipinski definition) is 0. The highest BCUT2D eigenvalue weighted by atomic mass is 31.2. The van der Waals surface area contributed by atoms with E-state index in [4.69, 9.17) is 9.05 Å². The van der Waals surface area contributed by atoms with Gasteiger partial charge in [0, 0.05) is 7.11 Å². The second-order valence-electron chi connectivity index (χ2n) is 2.22. The van der Waals surface area contributed by atoms with Gasteiger partial charge in [-0.15, -0.1) is 0 Å². The second-order valence-corrected chi connectivity index (χ2v) is 4.47. The molecule has 0 aliphatic carbocycles. The summed E-state index contributed by atoms with van der Waals surface area (Å²) in [6.07, 6.45) is 1.53. The Morgan fingerprint density at radius 3 is 2.67 bits per heavy atom. The van der Waals surface area contributed by atoms with Gasteiger partial charge in [-0.3, -0.25) is 4.57 Å². The Morgan fingerprint density at radius 2 is 2.44 bits per heavy atom. The van der Waals surface area contributed by atoms with Crippen molar-refractivity contribution in [2.75, 3.05) is 13.3 Å². The molecule has 0 bridgehead atoms. The summed E-state index contributed by atoms with van der Waals surface area (Å²) in [6, 6.07) is 0. The minimum Gasteiger partial charge on any atom is -0.312 e. The predicted molar refractivity (Wildman–Crippen MR) is 34.6 cm³/mol. The molecule has 1 heterocycles. The minimum absolute atomic E-state index is 0.107. The van der Waals surface area contributed by atoms with Gasteiger partial charge >= 0.3 is 7.60 Å². The fourth-order valence-electron chi connectivity index (χ4n) is 0.854. The van der Waals surface area contributed by atoms with Gasteiger partial charge < -0.3 is 9.05 Å². The average Bonchev–Trinajstić information content (AvgIpc) is 2.13. The number of rotatable bonds is 1. The van der Waals surface area contributed by atoms with Crippen LogP contribution in [0.5, 0.6) is 0 Å². The summed E-state index contributed by atoms with van der Waals surface area (Å²) in [5, 5.41) is 0. The Kier molecular flexibility index (Phi) is 1.94. The van der Waals surface area contributed by atoms with Crippen LogP contribution in [0.3, 0.4) is 0 Å². The molecular weight excluding hydrogens is 139 g/mol. The van der Waals surface area contributed by atoms with Gasteiger partial charge in [-0.1, -0.05) is 0 Å². The molecule has 1 aliphatic heterocycles. The first-order chi connectivity index (χ1) is 4.16. The molecule has 9 heavy (non-hydrogen) atoms. The van der Waals surface area contributed by atoms with E-state index < -0.39 is 7.60 Å². The van der Waals surface area contributed by atoms with Crippen molar-refractivity contribution < 1.29 is 13.6 Å². The van der Waals surface area contributed by atoms with Crippen LogP contribution in [0, 0.1) is 0 Å². The molecule has 1 saturated heterocycles. The van der Waals surface area contributed by atoms with Crippen LogP contribution < -0.4 is 0 Å². The molecule has 1 fully saturated rings. The molecule has 1 rings (SSSR count). The maximum Gasteiger partial charge on any atom is 0.330 e. The maximum atomic E-state index is 11.1. The fraction of sp³-hybridized carbons (Fsp3) is 1.00. The molecule has 0 aromatic carbocycles. The third-order valence-corrected chi connectivity index (χ3v) is 3.47. The second kappa shape index (κ2) is 2.41. The summed E-state index contributed by atoms with van der Waals surface area (Å²) in [4.78, 5) is 0. The highest BCUT2D eigenvalue weighted by Crippen LogP contribution is 2.54. The van der Waals surface area contributed by atoms with E-state index in [0.717, 1.165) is 6.42 Å². The van der Waals surface area contributed by atoms with Gasteiger partial charge in [0.15, 0.2) is 0 Å². The largest absolute Gasteiger partial charge is 0.330 e. The third-order valence-electron chi connectivity index (χ3n) is 1.43. The van der Waals surface area contributed by atoms with Crippen LogP contribution in [-0.2, 0) is 13.6 Å². The van der Waals surface area contributed by atoms with E-state index in [2.05, 4.69) is 0 Å². The molecule has 0 amide bonds. The van der Waals surface area contributed by atoms with Crippen LogP contribution in [0.1, 0.15) is 13.3 Å². The summed E-state index contributed by atoms with van der Waals surface area (Å²) in [5.74, 6) is 0. The van der Waals surface area contributed by atoms with Crippen molar-refractivity contribution in [2.45, 2.75) is 19.4 Å². The van der Waals surface area contributed by atoms with E-state index in [1.165, 1.54) is 7.11 Å². The summed E-state index contributed by atoms with van der Waals surface area (Å²) >= 11 is 0. The van der Waals surface area contributed by atoms with Crippen LogP contribution in [0.2, 0.25) is 0 Å². The van der Waals surface area contributed by atoms with Gasteiger partial charge in [0.1, 0.15) is 0 Å². The molecule has 0 spiro atoms. The van der Waals surface area contributed by atoms with Gasteiger partial charge in [-0.2, -0.15) is 0 Å². The van der Waals surface area contributed by atoms with Crippen LogP contribution in [0.25, 0.3) is 0 Å². The summed E-state index contributed by atoms with van der Waals surface area (Å²) in [5.41, 5.74) is 0. The Bertz CT molecular complexity index is 145. The molecule has 1 aliphatic rings. The summed E-state index contributed by atoms with van der Waals surface area (Å²) in [6.45, 7) is 1.90. The van der Waals surface area contributed by atoms with Gasteiger partial charge in [-0.25, -0.2) is 0 Å². The minimum atomic E-state index is -2.61. The Hall–Kier alpha value is 0.150. The molecular formula is C5H11O3P.